The molecule has 0 saturated heterocycles. The molecule has 2 aromatic rings. The monoisotopic (exact) mass is 307 g/mol. The summed E-state index contributed by atoms with van der Waals surface area (Å²) in [5.41, 5.74) is 1.22. The second kappa shape index (κ2) is 6.18. The summed E-state index contributed by atoms with van der Waals surface area (Å²) in [5, 5.41) is 2.78. The second-order valence-electron chi connectivity index (χ2n) is 4.99. The SMILES string of the molecule is Cc1ccc(F)cc1NC(=O)c1nc(C(C)C)ncc1Cl. The van der Waals surface area contributed by atoms with Gasteiger partial charge in [0.2, 0.25) is 0 Å². The van der Waals surface area contributed by atoms with E-state index in [4.69, 9.17) is 11.6 Å². The zero-order valence-corrected chi connectivity index (χ0v) is 12.7. The van der Waals surface area contributed by atoms with Crippen LogP contribution in [0, 0.1) is 12.7 Å². The van der Waals surface area contributed by atoms with Crippen LogP contribution in [0.5, 0.6) is 0 Å². The Balaban J connectivity index is 2.32. The highest BCUT2D eigenvalue weighted by Gasteiger charge is 2.16. The van der Waals surface area contributed by atoms with Crippen LogP contribution in [-0.4, -0.2) is 15.9 Å². The molecule has 0 saturated carbocycles. The molecule has 0 aliphatic rings. The van der Waals surface area contributed by atoms with Crippen LogP contribution in [0.1, 0.15) is 41.6 Å². The molecule has 0 unspecified atom stereocenters. The van der Waals surface area contributed by atoms with Gasteiger partial charge in [0, 0.05) is 11.6 Å². The quantitative estimate of drug-likeness (QED) is 0.934. The van der Waals surface area contributed by atoms with Crippen LogP contribution in [0.15, 0.2) is 24.4 Å². The lowest BCUT2D eigenvalue weighted by Crippen LogP contribution is -2.17. The van der Waals surface area contributed by atoms with E-state index in [1.54, 1.807) is 13.0 Å². The van der Waals surface area contributed by atoms with Gasteiger partial charge in [-0.2, -0.15) is 0 Å². The van der Waals surface area contributed by atoms with Crippen molar-refractivity contribution in [3.05, 3.63) is 52.3 Å². The van der Waals surface area contributed by atoms with Gasteiger partial charge in [-0.15, -0.1) is 0 Å². The number of rotatable bonds is 3. The molecule has 1 heterocycles. The van der Waals surface area contributed by atoms with E-state index in [2.05, 4.69) is 15.3 Å². The number of anilines is 1. The molecule has 0 aliphatic carbocycles. The van der Waals surface area contributed by atoms with Crippen molar-refractivity contribution in [2.24, 2.45) is 0 Å². The highest BCUT2D eigenvalue weighted by molar-refractivity contribution is 6.33. The van der Waals surface area contributed by atoms with Gasteiger partial charge in [-0.25, -0.2) is 14.4 Å². The number of aryl methyl sites for hydroxylation is 1. The molecular weight excluding hydrogens is 293 g/mol. The van der Waals surface area contributed by atoms with Crippen LogP contribution in [-0.2, 0) is 0 Å². The van der Waals surface area contributed by atoms with Gasteiger partial charge in [0.05, 0.1) is 11.2 Å². The normalized spacial score (nSPS) is 10.8. The van der Waals surface area contributed by atoms with Crippen molar-refractivity contribution in [1.82, 2.24) is 9.97 Å². The van der Waals surface area contributed by atoms with E-state index in [1.165, 1.54) is 18.3 Å². The molecule has 0 aliphatic heterocycles. The first kappa shape index (κ1) is 15.4. The Morgan fingerprint density at radius 2 is 2.10 bits per heavy atom. The van der Waals surface area contributed by atoms with Crippen LogP contribution in [0.2, 0.25) is 5.02 Å². The third-order valence-corrected chi connectivity index (χ3v) is 3.22. The van der Waals surface area contributed by atoms with Gasteiger partial charge in [-0.3, -0.25) is 4.79 Å². The smallest absolute Gasteiger partial charge is 0.275 e. The van der Waals surface area contributed by atoms with Crippen molar-refractivity contribution in [3.8, 4) is 0 Å². The Morgan fingerprint density at radius 3 is 2.76 bits per heavy atom. The molecular formula is C15H15ClFN3O. The zero-order chi connectivity index (χ0) is 15.6. The second-order valence-corrected chi connectivity index (χ2v) is 5.40. The highest BCUT2D eigenvalue weighted by Crippen LogP contribution is 2.20. The number of hydrogen-bond donors (Lipinski definition) is 1. The van der Waals surface area contributed by atoms with Crippen molar-refractivity contribution < 1.29 is 9.18 Å². The Kier molecular flexibility index (Phi) is 4.53. The highest BCUT2D eigenvalue weighted by atomic mass is 35.5. The van der Waals surface area contributed by atoms with Gasteiger partial charge >= 0.3 is 0 Å². The van der Waals surface area contributed by atoms with E-state index in [-0.39, 0.29) is 16.6 Å². The third kappa shape index (κ3) is 3.55. The molecule has 0 fully saturated rings. The number of carbonyl (C=O) groups excluding carboxylic acids is 1. The van der Waals surface area contributed by atoms with E-state index < -0.39 is 11.7 Å². The van der Waals surface area contributed by atoms with Gasteiger partial charge in [-0.05, 0) is 24.6 Å². The van der Waals surface area contributed by atoms with Crippen LogP contribution >= 0.6 is 11.6 Å². The molecule has 6 heteroatoms. The van der Waals surface area contributed by atoms with Crippen molar-refractivity contribution in [2.75, 3.05) is 5.32 Å². The lowest BCUT2D eigenvalue weighted by molar-refractivity contribution is 0.102. The molecule has 0 atom stereocenters. The largest absolute Gasteiger partial charge is 0.320 e. The minimum atomic E-state index is -0.488. The number of aromatic nitrogens is 2. The predicted octanol–water partition coefficient (Wildman–Crippen LogP) is 3.95. The van der Waals surface area contributed by atoms with Crippen molar-refractivity contribution in [2.45, 2.75) is 26.7 Å². The summed E-state index contributed by atoms with van der Waals surface area (Å²) in [6, 6.07) is 4.18. The maximum atomic E-state index is 13.2. The van der Waals surface area contributed by atoms with Gasteiger partial charge in [0.25, 0.3) is 5.91 Å². The Bertz CT molecular complexity index is 689. The van der Waals surface area contributed by atoms with Crippen molar-refractivity contribution in [1.29, 1.82) is 0 Å². The third-order valence-electron chi connectivity index (χ3n) is 2.94. The minimum absolute atomic E-state index is 0.0738. The van der Waals surface area contributed by atoms with Crippen LogP contribution in [0.25, 0.3) is 0 Å². The number of nitrogens with one attached hydrogen (secondary N) is 1. The fourth-order valence-electron chi connectivity index (χ4n) is 1.73. The first-order valence-electron chi connectivity index (χ1n) is 6.48. The van der Waals surface area contributed by atoms with E-state index in [0.717, 1.165) is 5.56 Å². The zero-order valence-electron chi connectivity index (χ0n) is 11.9. The molecule has 1 amide bonds. The molecule has 0 bridgehead atoms. The van der Waals surface area contributed by atoms with Gasteiger partial charge in [-0.1, -0.05) is 31.5 Å². The average molecular weight is 308 g/mol. The number of carbonyl (C=O) groups is 1. The minimum Gasteiger partial charge on any atom is -0.320 e. The molecule has 0 spiro atoms. The molecule has 0 radical (unpaired) electrons. The number of hydrogen-bond acceptors (Lipinski definition) is 3. The molecule has 4 nitrogen and oxygen atoms in total. The van der Waals surface area contributed by atoms with Crippen LogP contribution < -0.4 is 5.32 Å². The van der Waals surface area contributed by atoms with Gasteiger partial charge in [0.1, 0.15) is 11.6 Å². The fourth-order valence-corrected chi connectivity index (χ4v) is 1.91. The van der Waals surface area contributed by atoms with E-state index in [9.17, 15) is 9.18 Å². The first-order valence-corrected chi connectivity index (χ1v) is 6.86. The van der Waals surface area contributed by atoms with Gasteiger partial charge < -0.3 is 5.32 Å². The van der Waals surface area contributed by atoms with Gasteiger partial charge in [0.15, 0.2) is 5.69 Å². The Morgan fingerprint density at radius 1 is 1.38 bits per heavy atom. The number of halogens is 2. The summed E-state index contributed by atoms with van der Waals surface area (Å²) in [7, 11) is 0. The Hall–Kier alpha value is -2.01. The average Bonchev–Trinajstić information content (AvgIpc) is 2.43. The molecule has 21 heavy (non-hydrogen) atoms. The summed E-state index contributed by atoms with van der Waals surface area (Å²) in [6.45, 7) is 5.61. The van der Waals surface area contributed by atoms with Crippen molar-refractivity contribution >= 4 is 23.2 Å². The van der Waals surface area contributed by atoms with E-state index in [0.29, 0.717) is 11.5 Å². The molecule has 110 valence electrons. The Labute approximate surface area is 127 Å². The predicted molar refractivity (Wildman–Crippen MR) is 80.2 cm³/mol. The standard InChI is InChI=1S/C15H15ClFN3O/c1-8(2)14-18-7-11(16)13(20-14)15(21)19-12-6-10(17)5-4-9(12)3/h4-8H,1-3H3,(H,19,21). The summed E-state index contributed by atoms with van der Waals surface area (Å²) < 4.78 is 13.2. The van der Waals surface area contributed by atoms with Crippen molar-refractivity contribution in [3.63, 3.8) is 0 Å². The number of benzene rings is 1. The summed E-state index contributed by atoms with van der Waals surface area (Å²) >= 11 is 5.97. The maximum absolute atomic E-state index is 13.2. The van der Waals surface area contributed by atoms with E-state index in [1.807, 2.05) is 13.8 Å². The van der Waals surface area contributed by atoms with Crippen LogP contribution in [0.4, 0.5) is 10.1 Å². The summed E-state index contributed by atoms with van der Waals surface area (Å²) in [6.07, 6.45) is 1.40. The number of amides is 1. The van der Waals surface area contributed by atoms with E-state index >= 15 is 0 Å². The molecule has 2 rings (SSSR count). The maximum Gasteiger partial charge on any atom is 0.275 e. The first-order chi connectivity index (χ1) is 9.88. The number of nitrogens with zero attached hydrogens (tertiary/aromatic N) is 2. The lowest BCUT2D eigenvalue weighted by Gasteiger charge is -2.10. The molecule has 1 N–H and O–H groups in total. The molecule has 1 aromatic heterocycles. The summed E-state index contributed by atoms with van der Waals surface area (Å²) in [5.74, 6) is -0.309. The lowest BCUT2D eigenvalue weighted by atomic mass is 10.2. The van der Waals surface area contributed by atoms with Crippen LogP contribution in [0.3, 0.4) is 0 Å². The summed E-state index contributed by atoms with van der Waals surface area (Å²) in [4.78, 5) is 20.5. The fraction of sp³-hybridized carbons (Fsp3) is 0.267. The topological polar surface area (TPSA) is 54.9 Å². The molecule has 1 aromatic carbocycles.